The van der Waals surface area contributed by atoms with E-state index in [4.69, 9.17) is 0 Å². The third kappa shape index (κ3) is 2.35. The SMILES string of the molecule is CC(C)N1CCCC[C@@H]1c1ccc(=O)[nH]c1. The number of piperidine rings is 1. The molecular weight excluding hydrogens is 200 g/mol. The molecule has 1 aromatic heterocycles. The molecule has 3 heteroatoms. The van der Waals surface area contributed by atoms with Crippen LogP contribution in [0.1, 0.15) is 44.7 Å². The fourth-order valence-corrected chi connectivity index (χ4v) is 2.56. The second kappa shape index (κ2) is 4.83. The summed E-state index contributed by atoms with van der Waals surface area (Å²) in [6.07, 6.45) is 5.64. The van der Waals surface area contributed by atoms with Crippen LogP contribution in [0.5, 0.6) is 0 Å². The smallest absolute Gasteiger partial charge is 0.247 e. The number of aromatic nitrogens is 1. The highest BCUT2D eigenvalue weighted by molar-refractivity contribution is 5.15. The Balaban J connectivity index is 2.22. The lowest BCUT2D eigenvalue weighted by Gasteiger charge is -2.38. The van der Waals surface area contributed by atoms with Gasteiger partial charge in [-0.15, -0.1) is 0 Å². The summed E-state index contributed by atoms with van der Waals surface area (Å²) in [5.41, 5.74) is 1.23. The van der Waals surface area contributed by atoms with Gasteiger partial charge in [0.05, 0.1) is 0 Å². The molecular formula is C13H20N2O. The Morgan fingerprint density at radius 1 is 1.38 bits per heavy atom. The Morgan fingerprint density at radius 2 is 2.19 bits per heavy atom. The number of hydrogen-bond acceptors (Lipinski definition) is 2. The molecule has 0 unspecified atom stereocenters. The molecule has 0 bridgehead atoms. The van der Waals surface area contributed by atoms with Gasteiger partial charge < -0.3 is 4.98 Å². The van der Waals surface area contributed by atoms with E-state index in [-0.39, 0.29) is 5.56 Å². The van der Waals surface area contributed by atoms with Gasteiger partial charge in [0.2, 0.25) is 5.56 Å². The van der Waals surface area contributed by atoms with Gasteiger partial charge in [-0.1, -0.05) is 12.5 Å². The number of nitrogens with zero attached hydrogens (tertiary/aromatic N) is 1. The van der Waals surface area contributed by atoms with Gasteiger partial charge in [0.25, 0.3) is 0 Å². The molecule has 1 saturated heterocycles. The van der Waals surface area contributed by atoms with E-state index >= 15 is 0 Å². The molecule has 1 N–H and O–H groups in total. The summed E-state index contributed by atoms with van der Waals surface area (Å²) in [5, 5.41) is 0. The Bertz CT molecular complexity index is 377. The number of H-pyrrole nitrogens is 1. The molecule has 2 heterocycles. The number of pyridine rings is 1. The van der Waals surface area contributed by atoms with E-state index in [9.17, 15) is 4.79 Å². The van der Waals surface area contributed by atoms with Gasteiger partial charge in [0, 0.05) is 24.3 Å². The minimum absolute atomic E-state index is 0.0179. The first-order valence-electron chi connectivity index (χ1n) is 6.13. The number of likely N-dealkylation sites (tertiary alicyclic amines) is 1. The number of hydrogen-bond donors (Lipinski definition) is 1. The molecule has 0 aliphatic carbocycles. The van der Waals surface area contributed by atoms with E-state index < -0.39 is 0 Å². The second-order valence-corrected chi connectivity index (χ2v) is 4.83. The predicted molar refractivity (Wildman–Crippen MR) is 65.5 cm³/mol. The van der Waals surface area contributed by atoms with Gasteiger partial charge in [-0.3, -0.25) is 9.69 Å². The van der Waals surface area contributed by atoms with E-state index in [2.05, 4.69) is 23.7 Å². The highest BCUT2D eigenvalue weighted by atomic mass is 16.1. The zero-order chi connectivity index (χ0) is 11.5. The van der Waals surface area contributed by atoms with Crippen LogP contribution in [0.25, 0.3) is 0 Å². The average molecular weight is 220 g/mol. The van der Waals surface area contributed by atoms with Crippen molar-refractivity contribution in [2.24, 2.45) is 0 Å². The first kappa shape index (κ1) is 11.4. The van der Waals surface area contributed by atoms with Gasteiger partial charge in [-0.25, -0.2) is 0 Å². The highest BCUT2D eigenvalue weighted by Gasteiger charge is 2.25. The van der Waals surface area contributed by atoms with Crippen molar-refractivity contribution < 1.29 is 0 Å². The van der Waals surface area contributed by atoms with Crippen LogP contribution in [0.3, 0.4) is 0 Å². The quantitative estimate of drug-likeness (QED) is 0.830. The van der Waals surface area contributed by atoms with Crippen LogP contribution in [0.4, 0.5) is 0 Å². The van der Waals surface area contributed by atoms with E-state index in [1.807, 2.05) is 12.3 Å². The topological polar surface area (TPSA) is 36.1 Å². The molecule has 0 radical (unpaired) electrons. The van der Waals surface area contributed by atoms with Crippen LogP contribution < -0.4 is 5.56 Å². The van der Waals surface area contributed by atoms with E-state index in [0.29, 0.717) is 12.1 Å². The standard InChI is InChI=1S/C13H20N2O/c1-10(2)15-8-4-3-5-12(15)11-6-7-13(16)14-9-11/h6-7,9-10,12H,3-5,8H2,1-2H3,(H,14,16)/t12-/m1/s1. The number of rotatable bonds is 2. The zero-order valence-electron chi connectivity index (χ0n) is 10.1. The van der Waals surface area contributed by atoms with Crippen LogP contribution in [0.2, 0.25) is 0 Å². The van der Waals surface area contributed by atoms with Crippen LogP contribution in [-0.4, -0.2) is 22.5 Å². The molecule has 1 aliphatic heterocycles. The predicted octanol–water partition coefficient (Wildman–Crippen LogP) is 2.31. The van der Waals surface area contributed by atoms with Crippen molar-refractivity contribution in [2.75, 3.05) is 6.54 Å². The zero-order valence-corrected chi connectivity index (χ0v) is 10.1. The minimum atomic E-state index is -0.0179. The van der Waals surface area contributed by atoms with Gasteiger partial charge in [0.15, 0.2) is 0 Å². The highest BCUT2D eigenvalue weighted by Crippen LogP contribution is 2.31. The van der Waals surface area contributed by atoms with Gasteiger partial charge in [-0.2, -0.15) is 0 Å². The third-order valence-electron chi connectivity index (χ3n) is 3.40. The Hall–Kier alpha value is -1.09. The van der Waals surface area contributed by atoms with Crippen molar-refractivity contribution in [1.82, 2.24) is 9.88 Å². The first-order valence-corrected chi connectivity index (χ1v) is 6.13. The number of aromatic amines is 1. The van der Waals surface area contributed by atoms with Crippen molar-refractivity contribution in [1.29, 1.82) is 0 Å². The third-order valence-corrected chi connectivity index (χ3v) is 3.40. The Morgan fingerprint density at radius 3 is 2.81 bits per heavy atom. The summed E-state index contributed by atoms with van der Waals surface area (Å²) < 4.78 is 0. The van der Waals surface area contributed by atoms with Crippen LogP contribution >= 0.6 is 0 Å². The fraction of sp³-hybridized carbons (Fsp3) is 0.615. The second-order valence-electron chi connectivity index (χ2n) is 4.83. The van der Waals surface area contributed by atoms with Gasteiger partial charge in [0.1, 0.15) is 0 Å². The van der Waals surface area contributed by atoms with Crippen molar-refractivity contribution in [3.05, 3.63) is 34.2 Å². The van der Waals surface area contributed by atoms with Gasteiger partial charge >= 0.3 is 0 Å². The summed E-state index contributed by atoms with van der Waals surface area (Å²) in [4.78, 5) is 16.4. The van der Waals surface area contributed by atoms with E-state index in [1.54, 1.807) is 6.07 Å². The molecule has 0 spiro atoms. The first-order chi connectivity index (χ1) is 7.68. The minimum Gasteiger partial charge on any atom is -0.329 e. The molecule has 1 atom stereocenters. The van der Waals surface area contributed by atoms with Crippen LogP contribution in [0.15, 0.2) is 23.1 Å². The molecule has 2 rings (SSSR count). The Labute approximate surface area is 96.5 Å². The maximum atomic E-state index is 11.1. The van der Waals surface area contributed by atoms with E-state index in [0.717, 1.165) is 0 Å². The van der Waals surface area contributed by atoms with Crippen LogP contribution in [0, 0.1) is 0 Å². The molecule has 0 saturated carbocycles. The lowest BCUT2D eigenvalue weighted by atomic mass is 9.95. The molecule has 1 aromatic rings. The maximum absolute atomic E-state index is 11.1. The number of nitrogens with one attached hydrogen (secondary N) is 1. The summed E-state index contributed by atoms with van der Waals surface area (Å²) in [6, 6.07) is 4.63. The fourth-order valence-electron chi connectivity index (χ4n) is 2.56. The summed E-state index contributed by atoms with van der Waals surface area (Å²) in [7, 11) is 0. The monoisotopic (exact) mass is 220 g/mol. The molecule has 0 aromatic carbocycles. The summed E-state index contributed by atoms with van der Waals surface area (Å²) in [6.45, 7) is 5.65. The van der Waals surface area contributed by atoms with Crippen molar-refractivity contribution in [2.45, 2.75) is 45.2 Å². The van der Waals surface area contributed by atoms with Crippen molar-refractivity contribution in [3.8, 4) is 0 Å². The normalized spacial score (nSPS) is 22.6. The lowest BCUT2D eigenvalue weighted by Crippen LogP contribution is -2.38. The Kier molecular flexibility index (Phi) is 3.44. The largest absolute Gasteiger partial charge is 0.329 e. The molecule has 88 valence electrons. The van der Waals surface area contributed by atoms with E-state index in [1.165, 1.54) is 31.4 Å². The van der Waals surface area contributed by atoms with Gasteiger partial charge in [-0.05, 0) is 38.8 Å². The molecule has 0 amide bonds. The molecule has 1 aliphatic rings. The van der Waals surface area contributed by atoms with Crippen molar-refractivity contribution >= 4 is 0 Å². The molecule has 1 fully saturated rings. The van der Waals surface area contributed by atoms with Crippen LogP contribution in [-0.2, 0) is 0 Å². The summed E-state index contributed by atoms with van der Waals surface area (Å²) in [5.74, 6) is 0. The summed E-state index contributed by atoms with van der Waals surface area (Å²) >= 11 is 0. The molecule has 16 heavy (non-hydrogen) atoms. The molecule has 3 nitrogen and oxygen atoms in total. The van der Waals surface area contributed by atoms with Crippen molar-refractivity contribution in [3.63, 3.8) is 0 Å². The maximum Gasteiger partial charge on any atom is 0.247 e. The average Bonchev–Trinajstić information content (AvgIpc) is 2.30. The lowest BCUT2D eigenvalue weighted by molar-refractivity contribution is 0.112.